The van der Waals surface area contributed by atoms with Crippen molar-refractivity contribution >= 4 is 55.0 Å². The van der Waals surface area contributed by atoms with E-state index in [1.807, 2.05) is 60.7 Å². The van der Waals surface area contributed by atoms with Crippen LogP contribution in [0.25, 0.3) is 10.2 Å². The molecule has 50 heavy (non-hydrogen) atoms. The van der Waals surface area contributed by atoms with Gasteiger partial charge in [0.05, 0.1) is 28.6 Å². The summed E-state index contributed by atoms with van der Waals surface area (Å²) in [5.41, 5.74) is 0.0749. The highest BCUT2D eigenvalue weighted by atomic mass is 32.2. The van der Waals surface area contributed by atoms with Gasteiger partial charge >= 0.3 is 0 Å². The Balaban J connectivity index is 1.18. The van der Waals surface area contributed by atoms with Crippen LogP contribution < -0.4 is 24.8 Å². The van der Waals surface area contributed by atoms with E-state index in [2.05, 4.69) is 20.3 Å². The van der Waals surface area contributed by atoms with Gasteiger partial charge in [-0.25, -0.2) is 13.4 Å². The monoisotopic (exact) mass is 721 g/mol. The number of ether oxygens (including phenoxy) is 2. The van der Waals surface area contributed by atoms with Crippen LogP contribution in [0.15, 0.2) is 60.7 Å². The minimum atomic E-state index is -3.94. The van der Waals surface area contributed by atoms with E-state index in [4.69, 9.17) is 9.47 Å². The van der Waals surface area contributed by atoms with Crippen molar-refractivity contribution in [3.63, 3.8) is 0 Å². The number of aromatic nitrogens is 1. The van der Waals surface area contributed by atoms with Gasteiger partial charge in [-0.05, 0) is 69.7 Å². The lowest BCUT2D eigenvalue weighted by molar-refractivity contribution is -0.140. The van der Waals surface area contributed by atoms with Crippen molar-refractivity contribution < 1.29 is 32.3 Å². The summed E-state index contributed by atoms with van der Waals surface area (Å²) in [5.74, 6) is -1.25. The third-order valence-corrected chi connectivity index (χ3v) is 13.5. The minimum absolute atomic E-state index is 0.137. The molecule has 3 amide bonds. The summed E-state index contributed by atoms with van der Waals surface area (Å²) >= 11 is 1.40. The number of methoxy groups -OCH3 is 1. The van der Waals surface area contributed by atoms with Crippen LogP contribution in [0.1, 0.15) is 64.7 Å². The van der Waals surface area contributed by atoms with Gasteiger partial charge in [0.2, 0.25) is 21.8 Å². The van der Waals surface area contributed by atoms with E-state index in [1.54, 1.807) is 18.9 Å². The number of para-hydroxylation sites is 1. The summed E-state index contributed by atoms with van der Waals surface area (Å²) in [4.78, 5) is 48.8. The summed E-state index contributed by atoms with van der Waals surface area (Å²) in [6.45, 7) is 1.75. The predicted molar refractivity (Wildman–Crippen MR) is 190 cm³/mol. The molecule has 0 spiro atoms. The second kappa shape index (κ2) is 13.5. The fraction of sp³-hybridized carbons (Fsp3) is 0.500. The number of nitrogens with zero attached hydrogens (tertiary/aromatic N) is 2. The molecule has 3 aromatic rings. The maximum Gasteiger partial charge on any atom is 0.274 e. The lowest BCUT2D eigenvalue weighted by Crippen LogP contribution is -2.58. The number of nitrogens with one attached hydrogen (secondary N) is 3. The first-order chi connectivity index (χ1) is 24.0. The van der Waals surface area contributed by atoms with Crippen LogP contribution in [0.2, 0.25) is 0 Å². The molecule has 0 unspecified atom stereocenters. The highest BCUT2D eigenvalue weighted by Gasteiger charge is 2.63. The van der Waals surface area contributed by atoms with E-state index in [9.17, 15) is 22.8 Å². The van der Waals surface area contributed by atoms with E-state index in [1.165, 1.54) is 11.3 Å². The number of fused-ring (bicyclic) bond motifs is 3. The normalized spacial score (nSPS) is 28.6. The van der Waals surface area contributed by atoms with Gasteiger partial charge < -0.3 is 25.0 Å². The number of thiazole rings is 1. The molecule has 0 radical (unpaired) electrons. The van der Waals surface area contributed by atoms with Gasteiger partial charge in [-0.2, -0.15) is 0 Å². The number of anilines is 1. The first-order valence-corrected chi connectivity index (χ1v) is 19.6. The Labute approximate surface area is 296 Å². The Morgan fingerprint density at radius 1 is 1.10 bits per heavy atom. The Morgan fingerprint density at radius 2 is 1.92 bits per heavy atom. The van der Waals surface area contributed by atoms with Crippen molar-refractivity contribution in [2.45, 2.75) is 93.2 Å². The summed E-state index contributed by atoms with van der Waals surface area (Å²) in [7, 11) is -2.35. The van der Waals surface area contributed by atoms with E-state index in [0.29, 0.717) is 35.9 Å². The van der Waals surface area contributed by atoms with Crippen molar-refractivity contribution in [3.8, 4) is 10.9 Å². The highest BCUT2D eigenvalue weighted by Crippen LogP contribution is 2.47. The molecule has 3 N–H and O–H groups in total. The van der Waals surface area contributed by atoms with Gasteiger partial charge in [0.25, 0.3) is 11.1 Å². The van der Waals surface area contributed by atoms with Gasteiger partial charge in [0.15, 0.2) is 0 Å². The molecule has 3 heterocycles. The summed E-state index contributed by atoms with van der Waals surface area (Å²) in [5, 5.41) is 6.78. The smallest absolute Gasteiger partial charge is 0.274 e. The van der Waals surface area contributed by atoms with Gasteiger partial charge in [-0.1, -0.05) is 54.5 Å². The largest absolute Gasteiger partial charge is 0.497 e. The number of rotatable bonds is 8. The maximum atomic E-state index is 14.5. The zero-order chi connectivity index (χ0) is 35.1. The molecule has 12 nitrogen and oxygen atoms in total. The van der Waals surface area contributed by atoms with Crippen LogP contribution in [0.4, 0.5) is 5.69 Å². The van der Waals surface area contributed by atoms with Crippen molar-refractivity contribution in [2.75, 3.05) is 19.0 Å². The first kappa shape index (κ1) is 34.3. The number of carbonyl (C=O) groups excluding carboxylic acids is 3. The number of hydrogen-bond acceptors (Lipinski definition) is 10. The van der Waals surface area contributed by atoms with Gasteiger partial charge in [-0.15, -0.1) is 0 Å². The van der Waals surface area contributed by atoms with Crippen LogP contribution in [-0.4, -0.2) is 78.2 Å². The van der Waals surface area contributed by atoms with Crippen LogP contribution >= 0.6 is 11.3 Å². The SMILES string of the molecule is COc1cccc(N[C@H]2CCCCC/C=C\[C@H]3C[C@@]3(C(=O)NS(=O)(=O)C3(C)CC3)NC(=O)[C@@H]3C[C@@H](Oc4nc5ccccc5s4)CN3C2=O)c1. The molecule has 0 bridgehead atoms. The zero-order valence-corrected chi connectivity index (χ0v) is 29.9. The lowest BCUT2D eigenvalue weighted by atomic mass is 10.0. The average Bonchev–Trinajstić information content (AvgIpc) is 3.90. The van der Waals surface area contributed by atoms with Crippen LogP contribution in [0.5, 0.6) is 10.9 Å². The first-order valence-electron chi connectivity index (χ1n) is 17.3. The number of sulfonamides is 1. The minimum Gasteiger partial charge on any atom is -0.497 e. The second-order valence-corrected chi connectivity index (χ2v) is 17.3. The molecule has 2 saturated carbocycles. The lowest BCUT2D eigenvalue weighted by Gasteiger charge is -2.30. The molecule has 1 saturated heterocycles. The molecule has 2 aromatic carbocycles. The molecule has 3 fully saturated rings. The summed E-state index contributed by atoms with van der Waals surface area (Å²) in [6.07, 6.45) is 8.60. The molecular weight excluding hydrogens is 679 g/mol. The zero-order valence-electron chi connectivity index (χ0n) is 28.2. The van der Waals surface area contributed by atoms with E-state index < -0.39 is 50.3 Å². The Bertz CT molecular complexity index is 1890. The molecule has 14 heteroatoms. The van der Waals surface area contributed by atoms with Crippen molar-refractivity contribution in [2.24, 2.45) is 5.92 Å². The third kappa shape index (κ3) is 6.91. The summed E-state index contributed by atoms with van der Waals surface area (Å²) < 4.78 is 40.2. The average molecular weight is 722 g/mol. The van der Waals surface area contributed by atoms with E-state index in [0.717, 1.165) is 35.9 Å². The van der Waals surface area contributed by atoms with Crippen molar-refractivity contribution in [3.05, 3.63) is 60.7 Å². The number of benzene rings is 2. The molecule has 5 atom stereocenters. The van der Waals surface area contributed by atoms with Crippen molar-refractivity contribution in [1.82, 2.24) is 19.9 Å². The summed E-state index contributed by atoms with van der Waals surface area (Å²) in [6, 6.07) is 13.5. The Kier molecular flexibility index (Phi) is 9.27. The van der Waals surface area contributed by atoms with Crippen LogP contribution in [-0.2, 0) is 24.4 Å². The quantitative estimate of drug-likeness (QED) is 0.285. The van der Waals surface area contributed by atoms with Gasteiger partial charge in [-0.3, -0.25) is 19.1 Å². The number of allylic oxidation sites excluding steroid dienone is 1. The van der Waals surface area contributed by atoms with E-state index in [-0.39, 0.29) is 31.2 Å². The molecule has 2 aliphatic heterocycles. The molecule has 4 aliphatic rings. The third-order valence-electron chi connectivity index (χ3n) is 10.4. The fourth-order valence-electron chi connectivity index (χ4n) is 6.90. The Morgan fingerprint density at radius 3 is 2.70 bits per heavy atom. The Hall–Kier alpha value is -4.17. The van der Waals surface area contributed by atoms with E-state index >= 15 is 0 Å². The molecule has 2 aliphatic carbocycles. The number of hydrogen-bond donors (Lipinski definition) is 3. The van der Waals surface area contributed by atoms with Crippen molar-refractivity contribution in [1.29, 1.82) is 0 Å². The van der Waals surface area contributed by atoms with Gasteiger partial charge in [0.1, 0.15) is 29.5 Å². The molecule has 7 rings (SSSR count). The fourth-order valence-corrected chi connectivity index (χ4v) is 9.10. The second-order valence-electron chi connectivity index (χ2n) is 14.1. The van der Waals surface area contributed by atoms with Crippen LogP contribution in [0, 0.1) is 5.92 Å². The predicted octanol–water partition coefficient (Wildman–Crippen LogP) is 4.53. The standard InChI is InChI=1S/C36H43N5O7S2/c1-35(17-18-35)50(45,46)40-33(44)36-21-23(36)11-6-4-3-5-7-15-28(37-24-12-10-13-25(19-24)47-2)32(43)41-22-26(20-29(41)31(42)39-36)48-34-38-27-14-8-9-16-30(27)49-34/h6,8-14,16,19,23,26,28-29,37H,3-5,7,15,17-18,20-22H2,1-2H3,(H,39,42)(H,40,44)/b11-6-/t23-,26+,28-,29-,36+/m0/s1. The highest BCUT2D eigenvalue weighted by molar-refractivity contribution is 7.91. The van der Waals surface area contributed by atoms with Crippen LogP contribution in [0.3, 0.4) is 0 Å². The topological polar surface area (TPSA) is 156 Å². The number of carbonyl (C=O) groups is 3. The maximum absolute atomic E-state index is 14.5. The molecule has 266 valence electrons. The number of amides is 3. The van der Waals surface area contributed by atoms with Gasteiger partial charge in [0, 0.05) is 24.1 Å². The molecule has 1 aromatic heterocycles. The molecular formula is C36H43N5O7S2.